The fraction of sp³-hybridized carbons (Fsp3) is 0.0270. The molecule has 200 valence electrons. The van der Waals surface area contributed by atoms with Gasteiger partial charge < -0.3 is 4.57 Å². The van der Waals surface area contributed by atoms with Crippen LogP contribution in [-0.4, -0.2) is 21.3 Å². The molecule has 8 rings (SSSR count). The zero-order valence-electron chi connectivity index (χ0n) is 23.0. The lowest BCUT2D eigenvalue weighted by Gasteiger charge is -2.09. The van der Waals surface area contributed by atoms with Crippen LogP contribution in [0.3, 0.4) is 0 Å². The average molecular weight is 560 g/mol. The van der Waals surface area contributed by atoms with E-state index < -0.39 is 7.14 Å². The van der Waals surface area contributed by atoms with Crippen LogP contribution in [0.1, 0.15) is 0 Å². The minimum atomic E-state index is -2.59. The third kappa shape index (κ3) is 3.95. The molecule has 7 aromatic rings. The summed E-state index contributed by atoms with van der Waals surface area (Å²) < 4.78 is 15.6. The Hall–Kier alpha value is -5.05. The smallest absolute Gasteiger partial charge is 0.182 e. The molecule has 0 N–H and O–H groups in total. The number of rotatable bonds is 4. The highest BCUT2D eigenvalue weighted by Crippen LogP contribution is 2.50. The van der Waals surface area contributed by atoms with Gasteiger partial charge in [-0.15, -0.1) is 5.10 Å². The van der Waals surface area contributed by atoms with E-state index in [-0.39, 0.29) is 0 Å². The van der Waals surface area contributed by atoms with E-state index in [1.54, 1.807) is 0 Å². The van der Waals surface area contributed by atoms with Crippen molar-refractivity contribution in [3.05, 3.63) is 140 Å². The number of nitrogens with zero attached hydrogens (tertiary/aromatic N) is 3. The van der Waals surface area contributed by atoms with Crippen molar-refractivity contribution in [3.8, 4) is 55.9 Å². The number of pyridine rings is 1. The fourth-order valence-corrected chi connectivity index (χ4v) is 8.36. The van der Waals surface area contributed by atoms with Gasteiger partial charge in [-0.25, -0.2) is 9.50 Å². The van der Waals surface area contributed by atoms with Gasteiger partial charge in [-0.3, -0.25) is 0 Å². The van der Waals surface area contributed by atoms with Gasteiger partial charge in [0.15, 0.2) is 11.5 Å². The second-order valence-corrected chi connectivity index (χ2v) is 13.6. The summed E-state index contributed by atoms with van der Waals surface area (Å²) in [5, 5.41) is 6.85. The molecule has 3 heterocycles. The van der Waals surface area contributed by atoms with E-state index in [4.69, 9.17) is 10.1 Å². The van der Waals surface area contributed by atoms with Crippen molar-refractivity contribution < 1.29 is 4.57 Å². The van der Waals surface area contributed by atoms with Crippen LogP contribution < -0.4 is 10.6 Å². The van der Waals surface area contributed by atoms with Crippen LogP contribution in [-0.2, 0) is 4.57 Å². The molecule has 0 aliphatic carbocycles. The molecule has 0 radical (unpaired) electrons. The van der Waals surface area contributed by atoms with Crippen LogP contribution in [0.2, 0.25) is 0 Å². The Kier molecular flexibility index (Phi) is 5.60. The summed E-state index contributed by atoms with van der Waals surface area (Å²) in [6.07, 6.45) is 2.05. The van der Waals surface area contributed by atoms with Crippen molar-refractivity contribution in [2.45, 2.75) is 0 Å². The maximum atomic E-state index is 13.7. The van der Waals surface area contributed by atoms with Crippen LogP contribution in [0.5, 0.6) is 0 Å². The lowest BCUT2D eigenvalue weighted by atomic mass is 9.98. The third-order valence-electron chi connectivity index (χ3n) is 8.19. The van der Waals surface area contributed by atoms with Crippen LogP contribution in [0, 0.1) is 0 Å². The van der Waals surface area contributed by atoms with Gasteiger partial charge in [-0.1, -0.05) is 109 Å². The molecular formula is C37H26N3OP. The van der Waals surface area contributed by atoms with Gasteiger partial charge >= 0.3 is 0 Å². The van der Waals surface area contributed by atoms with E-state index in [1.165, 1.54) is 0 Å². The molecular weight excluding hydrogens is 533 g/mol. The Morgan fingerprint density at radius 1 is 0.524 bits per heavy atom. The second kappa shape index (κ2) is 9.51. The Morgan fingerprint density at radius 2 is 1.14 bits per heavy atom. The minimum Gasteiger partial charge on any atom is -0.314 e. The van der Waals surface area contributed by atoms with Crippen molar-refractivity contribution in [1.82, 2.24) is 14.6 Å². The van der Waals surface area contributed by atoms with E-state index >= 15 is 0 Å². The van der Waals surface area contributed by atoms with Gasteiger partial charge in [0.2, 0.25) is 0 Å². The fourth-order valence-electron chi connectivity index (χ4n) is 6.07. The summed E-state index contributed by atoms with van der Waals surface area (Å²) in [7, 11) is -2.59. The number of aromatic nitrogens is 3. The monoisotopic (exact) mass is 559 g/mol. The van der Waals surface area contributed by atoms with Crippen molar-refractivity contribution in [1.29, 1.82) is 0 Å². The van der Waals surface area contributed by atoms with Gasteiger partial charge in [0.05, 0.1) is 0 Å². The predicted octanol–water partition coefficient (Wildman–Crippen LogP) is 8.32. The Bertz CT molecular complexity index is 2190. The minimum absolute atomic E-state index is 0.670. The standard InChI is InChI=1S/C37H26N3OP/c1-42(41)34-18-9-8-17-31(34)33-22-28(19-20-35(33)42)27-15-10-16-29(21-27)36-38-37-32(26-13-6-3-7-14-26)23-30(24-40(37)39-36)25-11-4-2-5-12-25/h2-24H,1H3. The zero-order valence-corrected chi connectivity index (χ0v) is 23.9. The van der Waals surface area contributed by atoms with Gasteiger partial charge in [0.25, 0.3) is 0 Å². The van der Waals surface area contributed by atoms with Crippen LogP contribution >= 0.6 is 7.14 Å². The highest BCUT2D eigenvalue weighted by atomic mass is 31.2. The van der Waals surface area contributed by atoms with Crippen LogP contribution in [0.15, 0.2) is 140 Å². The van der Waals surface area contributed by atoms with Crippen molar-refractivity contribution in [2.24, 2.45) is 0 Å². The molecule has 0 amide bonds. The largest absolute Gasteiger partial charge is 0.314 e. The van der Waals surface area contributed by atoms with Crippen LogP contribution in [0.4, 0.5) is 0 Å². The number of hydrogen-bond acceptors (Lipinski definition) is 3. The molecule has 1 aliphatic heterocycles. The third-order valence-corrected chi connectivity index (χ3v) is 10.8. The van der Waals surface area contributed by atoms with Crippen molar-refractivity contribution >= 4 is 23.4 Å². The Balaban J connectivity index is 1.25. The maximum Gasteiger partial charge on any atom is 0.182 e. The van der Waals surface area contributed by atoms with Crippen LogP contribution in [0.25, 0.3) is 61.5 Å². The number of hydrogen-bond donors (Lipinski definition) is 0. The molecule has 4 nitrogen and oxygen atoms in total. The van der Waals surface area contributed by atoms with Gasteiger partial charge in [0, 0.05) is 33.5 Å². The number of fused-ring (bicyclic) bond motifs is 4. The molecule has 0 bridgehead atoms. The highest BCUT2D eigenvalue weighted by Gasteiger charge is 2.34. The Morgan fingerprint density at radius 3 is 1.95 bits per heavy atom. The van der Waals surface area contributed by atoms with Gasteiger partial charge in [-0.2, -0.15) is 0 Å². The summed E-state index contributed by atoms with van der Waals surface area (Å²) in [4.78, 5) is 5.05. The van der Waals surface area contributed by atoms with Crippen molar-refractivity contribution in [2.75, 3.05) is 6.66 Å². The summed E-state index contributed by atoms with van der Waals surface area (Å²) in [5.74, 6) is 0.670. The molecule has 42 heavy (non-hydrogen) atoms. The van der Waals surface area contributed by atoms with E-state index in [0.717, 1.165) is 66.3 Å². The van der Waals surface area contributed by atoms with Gasteiger partial charge in [-0.05, 0) is 64.3 Å². The normalized spacial score (nSPS) is 15.5. The SMILES string of the molecule is CP1(=O)c2ccccc2-c2cc(-c3cccc(-c4nc5c(-c6ccccc6)cc(-c6ccccc6)cn5n4)c3)ccc21. The quantitative estimate of drug-likeness (QED) is 0.204. The predicted molar refractivity (Wildman–Crippen MR) is 173 cm³/mol. The highest BCUT2D eigenvalue weighted by molar-refractivity contribution is 7.79. The molecule has 2 aromatic heterocycles. The average Bonchev–Trinajstić information content (AvgIpc) is 3.58. The topological polar surface area (TPSA) is 47.3 Å². The molecule has 1 atom stereocenters. The number of benzene rings is 5. The Labute approximate surface area is 244 Å². The first-order valence-electron chi connectivity index (χ1n) is 14.0. The van der Waals surface area contributed by atoms with E-state index in [1.807, 2.05) is 59.7 Å². The molecule has 1 aliphatic rings. The first-order chi connectivity index (χ1) is 20.6. The lowest BCUT2D eigenvalue weighted by molar-refractivity contribution is 0.591. The molecule has 0 fully saturated rings. The molecule has 1 unspecified atom stereocenters. The van der Waals surface area contributed by atoms with E-state index in [2.05, 4.69) is 91.1 Å². The summed E-state index contributed by atoms with van der Waals surface area (Å²) in [5.41, 5.74) is 10.4. The second-order valence-electron chi connectivity index (χ2n) is 10.8. The molecule has 0 saturated carbocycles. The molecule has 0 spiro atoms. The molecule has 0 saturated heterocycles. The first kappa shape index (κ1) is 24.7. The van der Waals surface area contributed by atoms with Crippen molar-refractivity contribution in [3.63, 3.8) is 0 Å². The van der Waals surface area contributed by atoms with Gasteiger partial charge in [0.1, 0.15) is 7.14 Å². The molecule has 5 heteroatoms. The summed E-state index contributed by atoms with van der Waals surface area (Å²) >= 11 is 0. The zero-order chi connectivity index (χ0) is 28.3. The van der Waals surface area contributed by atoms with E-state index in [9.17, 15) is 4.57 Å². The maximum absolute atomic E-state index is 13.7. The van der Waals surface area contributed by atoms with E-state index in [0.29, 0.717) is 5.82 Å². The summed E-state index contributed by atoms with van der Waals surface area (Å²) in [6, 6.07) is 45.6. The lowest BCUT2D eigenvalue weighted by Crippen LogP contribution is -2.07. The first-order valence-corrected chi connectivity index (χ1v) is 16.2. The molecule has 5 aromatic carbocycles. The summed E-state index contributed by atoms with van der Waals surface area (Å²) in [6.45, 7) is 1.87.